The van der Waals surface area contributed by atoms with E-state index in [2.05, 4.69) is 9.97 Å². The highest BCUT2D eigenvalue weighted by atomic mass is 32.1. The van der Waals surface area contributed by atoms with Gasteiger partial charge in [0.15, 0.2) is 0 Å². The monoisotopic (exact) mass is 293 g/mol. The van der Waals surface area contributed by atoms with Gasteiger partial charge in [-0.15, -0.1) is 11.3 Å². The Hall–Kier alpha value is -2.02. The lowest BCUT2D eigenvalue weighted by Crippen LogP contribution is -2.28. The molecule has 0 aliphatic rings. The molecule has 0 fully saturated rings. The summed E-state index contributed by atoms with van der Waals surface area (Å²) in [5.74, 6) is -0.937. The average Bonchev–Trinajstić information content (AvgIpc) is 2.75. The molecule has 0 aromatic carbocycles. The van der Waals surface area contributed by atoms with Gasteiger partial charge in [0.25, 0.3) is 0 Å². The molecule has 0 atom stereocenters. The minimum absolute atomic E-state index is 0.137. The molecule has 0 saturated carbocycles. The predicted molar refractivity (Wildman–Crippen MR) is 75.3 cm³/mol. The molecule has 0 saturated heterocycles. The fraction of sp³-hybridized carbons (Fsp3) is 0.385. The third kappa shape index (κ3) is 2.93. The first-order valence-corrected chi connectivity index (χ1v) is 6.96. The maximum atomic E-state index is 12.0. The first-order chi connectivity index (χ1) is 9.38. The van der Waals surface area contributed by atoms with E-state index < -0.39 is 5.97 Å². The van der Waals surface area contributed by atoms with Crippen molar-refractivity contribution >= 4 is 17.3 Å². The molecule has 2 aromatic heterocycles. The summed E-state index contributed by atoms with van der Waals surface area (Å²) in [5.41, 5.74) is 2.23. The summed E-state index contributed by atoms with van der Waals surface area (Å²) < 4.78 is 1.48. The number of aromatic nitrogens is 3. The van der Waals surface area contributed by atoms with Gasteiger partial charge in [-0.2, -0.15) is 4.98 Å². The van der Waals surface area contributed by atoms with Gasteiger partial charge in [-0.25, -0.2) is 9.78 Å². The van der Waals surface area contributed by atoms with Gasteiger partial charge in [0.2, 0.25) is 0 Å². The Balaban J connectivity index is 2.47. The smallest absolute Gasteiger partial charge is 0.348 e. The number of carboxylic acid groups (broad SMARTS) is 1. The van der Waals surface area contributed by atoms with Crippen LogP contribution in [0.1, 0.15) is 27.7 Å². The van der Waals surface area contributed by atoms with Crippen molar-refractivity contribution in [2.45, 2.75) is 33.7 Å². The number of thiazole rings is 1. The van der Waals surface area contributed by atoms with Crippen LogP contribution in [0.5, 0.6) is 0 Å². The summed E-state index contributed by atoms with van der Waals surface area (Å²) in [4.78, 5) is 31.1. The van der Waals surface area contributed by atoms with Crippen LogP contribution < -0.4 is 5.69 Å². The van der Waals surface area contributed by atoms with Crippen LogP contribution in [0.3, 0.4) is 0 Å². The third-order valence-corrected chi connectivity index (χ3v) is 4.01. The van der Waals surface area contributed by atoms with E-state index in [0.717, 1.165) is 10.7 Å². The number of hydrogen-bond acceptors (Lipinski definition) is 5. The van der Waals surface area contributed by atoms with E-state index in [1.165, 1.54) is 15.9 Å². The quantitative estimate of drug-likeness (QED) is 0.918. The zero-order valence-corrected chi connectivity index (χ0v) is 12.3. The van der Waals surface area contributed by atoms with E-state index in [4.69, 9.17) is 5.11 Å². The molecular weight excluding hydrogens is 278 g/mol. The van der Waals surface area contributed by atoms with Crippen LogP contribution in [0, 0.1) is 20.8 Å². The summed E-state index contributed by atoms with van der Waals surface area (Å²) >= 11 is 1.47. The summed E-state index contributed by atoms with van der Waals surface area (Å²) in [7, 11) is 0. The van der Waals surface area contributed by atoms with Crippen molar-refractivity contribution in [1.82, 2.24) is 14.5 Å². The first kappa shape index (κ1) is 14.4. The Bertz CT molecular complexity index is 718. The molecule has 0 spiro atoms. The number of aliphatic carboxylic acids is 1. The standard InChI is InChI=1S/C13H15N3O3S/c1-7-6-20-11(14-7)5-16-9(3)10(4-12(17)18)8(2)15-13(16)19/h6H,4-5H2,1-3H3,(H,17,18). The second-order valence-electron chi connectivity index (χ2n) is 4.58. The van der Waals surface area contributed by atoms with E-state index in [-0.39, 0.29) is 12.1 Å². The predicted octanol–water partition coefficient (Wildman–Crippen LogP) is 1.30. The van der Waals surface area contributed by atoms with Crippen molar-refractivity contribution in [3.8, 4) is 0 Å². The number of nitrogens with zero attached hydrogens (tertiary/aromatic N) is 3. The summed E-state index contributed by atoms with van der Waals surface area (Å²) in [6.45, 7) is 5.61. The van der Waals surface area contributed by atoms with Gasteiger partial charge in [0, 0.05) is 28.0 Å². The normalized spacial score (nSPS) is 10.8. The van der Waals surface area contributed by atoms with E-state index in [1.807, 2.05) is 12.3 Å². The molecule has 0 unspecified atom stereocenters. The van der Waals surface area contributed by atoms with Gasteiger partial charge in [0.1, 0.15) is 5.01 Å². The van der Waals surface area contributed by atoms with Gasteiger partial charge >= 0.3 is 11.7 Å². The highest BCUT2D eigenvalue weighted by Gasteiger charge is 2.15. The van der Waals surface area contributed by atoms with E-state index in [9.17, 15) is 9.59 Å². The van der Waals surface area contributed by atoms with Crippen LogP contribution in [-0.4, -0.2) is 25.6 Å². The van der Waals surface area contributed by atoms with Crippen LogP contribution in [-0.2, 0) is 17.8 Å². The van der Waals surface area contributed by atoms with Gasteiger partial charge in [0.05, 0.1) is 13.0 Å². The van der Waals surface area contributed by atoms with Gasteiger partial charge < -0.3 is 5.11 Å². The van der Waals surface area contributed by atoms with E-state index in [0.29, 0.717) is 23.5 Å². The molecule has 2 heterocycles. The minimum atomic E-state index is -0.937. The number of carbonyl (C=O) groups is 1. The number of rotatable bonds is 4. The topological polar surface area (TPSA) is 85.1 Å². The molecule has 106 valence electrons. The molecule has 0 radical (unpaired) electrons. The third-order valence-electron chi connectivity index (χ3n) is 3.06. The molecular formula is C13H15N3O3S. The van der Waals surface area contributed by atoms with Gasteiger partial charge in [-0.3, -0.25) is 9.36 Å². The van der Waals surface area contributed by atoms with Crippen molar-refractivity contribution in [2.75, 3.05) is 0 Å². The summed E-state index contributed by atoms with van der Waals surface area (Å²) in [6, 6.07) is 0. The molecule has 20 heavy (non-hydrogen) atoms. The molecule has 0 amide bonds. The molecule has 1 N–H and O–H groups in total. The highest BCUT2D eigenvalue weighted by Crippen LogP contribution is 2.14. The zero-order valence-electron chi connectivity index (χ0n) is 11.5. The highest BCUT2D eigenvalue weighted by molar-refractivity contribution is 7.09. The number of carboxylic acids is 1. The Kier molecular flexibility index (Phi) is 3.99. The number of aryl methyl sites for hydroxylation is 2. The van der Waals surface area contributed by atoms with Gasteiger partial charge in [-0.1, -0.05) is 0 Å². The SMILES string of the molecule is Cc1csc(Cn2c(C)c(CC(=O)O)c(C)nc2=O)n1. The largest absolute Gasteiger partial charge is 0.481 e. The van der Waals surface area contributed by atoms with Crippen molar-refractivity contribution in [1.29, 1.82) is 0 Å². The second kappa shape index (κ2) is 5.54. The minimum Gasteiger partial charge on any atom is -0.481 e. The Morgan fingerprint density at radius 2 is 2.05 bits per heavy atom. The van der Waals surface area contributed by atoms with Crippen LogP contribution in [0.15, 0.2) is 10.2 Å². The lowest BCUT2D eigenvalue weighted by atomic mass is 10.1. The lowest BCUT2D eigenvalue weighted by Gasteiger charge is -2.13. The molecule has 7 heteroatoms. The molecule has 0 bridgehead atoms. The fourth-order valence-corrected chi connectivity index (χ4v) is 2.80. The maximum Gasteiger partial charge on any atom is 0.348 e. The Morgan fingerprint density at radius 1 is 1.35 bits per heavy atom. The van der Waals surface area contributed by atoms with Crippen LogP contribution in [0.25, 0.3) is 0 Å². The van der Waals surface area contributed by atoms with E-state index in [1.54, 1.807) is 13.8 Å². The second-order valence-corrected chi connectivity index (χ2v) is 5.53. The van der Waals surface area contributed by atoms with Crippen molar-refractivity contribution in [2.24, 2.45) is 0 Å². The molecule has 0 aliphatic heterocycles. The number of hydrogen-bond donors (Lipinski definition) is 1. The maximum absolute atomic E-state index is 12.0. The molecule has 0 aliphatic carbocycles. The molecule has 6 nitrogen and oxygen atoms in total. The van der Waals surface area contributed by atoms with Crippen molar-refractivity contribution in [3.05, 3.63) is 43.5 Å². The van der Waals surface area contributed by atoms with E-state index >= 15 is 0 Å². The summed E-state index contributed by atoms with van der Waals surface area (Å²) in [6.07, 6.45) is -0.137. The van der Waals surface area contributed by atoms with Gasteiger partial charge in [-0.05, 0) is 20.8 Å². The van der Waals surface area contributed by atoms with Crippen molar-refractivity contribution in [3.63, 3.8) is 0 Å². The molecule has 2 rings (SSSR count). The van der Waals surface area contributed by atoms with Crippen LogP contribution in [0.2, 0.25) is 0 Å². The fourth-order valence-electron chi connectivity index (χ4n) is 2.04. The van der Waals surface area contributed by atoms with Crippen molar-refractivity contribution < 1.29 is 9.90 Å². The first-order valence-electron chi connectivity index (χ1n) is 6.08. The van der Waals surface area contributed by atoms with Crippen LogP contribution in [0.4, 0.5) is 0 Å². The lowest BCUT2D eigenvalue weighted by molar-refractivity contribution is -0.136. The Labute approximate surface area is 119 Å². The molecule has 2 aromatic rings. The zero-order chi connectivity index (χ0) is 14.9. The van der Waals surface area contributed by atoms with Crippen LogP contribution >= 0.6 is 11.3 Å². The summed E-state index contributed by atoms with van der Waals surface area (Å²) in [5, 5.41) is 11.7. The average molecular weight is 293 g/mol. The Morgan fingerprint density at radius 3 is 2.60 bits per heavy atom.